The van der Waals surface area contributed by atoms with Gasteiger partial charge in [-0.3, -0.25) is 0 Å². The van der Waals surface area contributed by atoms with Gasteiger partial charge in [0, 0.05) is 6.20 Å². The number of rotatable bonds is 7. The van der Waals surface area contributed by atoms with E-state index in [-0.39, 0.29) is 5.28 Å². The van der Waals surface area contributed by atoms with Crippen LogP contribution < -0.4 is 4.74 Å². The SMILES string of the molecule is CCCCC(CC)COc1nc(Cl)ncc1Br. The van der Waals surface area contributed by atoms with Crippen LogP contribution >= 0.6 is 27.5 Å². The van der Waals surface area contributed by atoms with Crippen LogP contribution in [0.3, 0.4) is 0 Å². The van der Waals surface area contributed by atoms with Gasteiger partial charge in [0.1, 0.15) is 0 Å². The average Bonchev–Trinajstić information content (AvgIpc) is 2.33. The van der Waals surface area contributed by atoms with Gasteiger partial charge in [0.25, 0.3) is 0 Å². The Kier molecular flexibility index (Phi) is 6.82. The van der Waals surface area contributed by atoms with Gasteiger partial charge in [-0.05, 0) is 39.9 Å². The summed E-state index contributed by atoms with van der Waals surface area (Å²) in [6, 6.07) is 0. The van der Waals surface area contributed by atoms with Gasteiger partial charge in [0.05, 0.1) is 11.1 Å². The third-order valence-corrected chi connectivity index (χ3v) is 3.41. The zero-order chi connectivity index (χ0) is 12.7. The van der Waals surface area contributed by atoms with Crippen molar-refractivity contribution in [2.24, 2.45) is 5.92 Å². The number of hydrogen-bond donors (Lipinski definition) is 0. The lowest BCUT2D eigenvalue weighted by Gasteiger charge is -2.15. The second kappa shape index (κ2) is 7.88. The predicted molar refractivity (Wildman–Crippen MR) is 73.5 cm³/mol. The Morgan fingerprint density at radius 3 is 2.88 bits per heavy atom. The summed E-state index contributed by atoms with van der Waals surface area (Å²) in [5.41, 5.74) is 0. The minimum Gasteiger partial charge on any atom is -0.476 e. The zero-order valence-corrected chi connectivity index (χ0v) is 12.6. The first-order valence-electron chi connectivity index (χ1n) is 5.98. The summed E-state index contributed by atoms with van der Waals surface area (Å²) >= 11 is 9.07. The molecule has 0 radical (unpaired) electrons. The van der Waals surface area contributed by atoms with Crippen molar-refractivity contribution in [3.05, 3.63) is 16.0 Å². The summed E-state index contributed by atoms with van der Waals surface area (Å²) in [5, 5.41) is 0.213. The quantitative estimate of drug-likeness (QED) is 0.694. The van der Waals surface area contributed by atoms with Gasteiger partial charge in [-0.2, -0.15) is 4.98 Å². The maximum absolute atomic E-state index is 5.73. The van der Waals surface area contributed by atoms with Crippen LogP contribution in [-0.4, -0.2) is 16.6 Å². The molecule has 1 aromatic heterocycles. The highest BCUT2D eigenvalue weighted by Crippen LogP contribution is 2.24. The molecule has 5 heteroatoms. The van der Waals surface area contributed by atoms with E-state index in [1.165, 1.54) is 19.3 Å². The van der Waals surface area contributed by atoms with Crippen molar-refractivity contribution in [1.29, 1.82) is 0 Å². The Morgan fingerprint density at radius 1 is 1.47 bits per heavy atom. The molecular formula is C12H18BrClN2O. The van der Waals surface area contributed by atoms with Crippen LogP contribution in [0, 0.1) is 5.92 Å². The third kappa shape index (κ3) is 5.21. The molecule has 96 valence electrons. The van der Waals surface area contributed by atoms with Crippen molar-refractivity contribution in [1.82, 2.24) is 9.97 Å². The van der Waals surface area contributed by atoms with E-state index in [0.717, 1.165) is 10.9 Å². The highest BCUT2D eigenvalue weighted by molar-refractivity contribution is 9.10. The molecule has 0 fully saturated rings. The number of nitrogens with zero attached hydrogens (tertiary/aromatic N) is 2. The lowest BCUT2D eigenvalue weighted by Crippen LogP contribution is -2.12. The van der Waals surface area contributed by atoms with Crippen molar-refractivity contribution >= 4 is 27.5 Å². The van der Waals surface area contributed by atoms with E-state index in [9.17, 15) is 0 Å². The molecule has 0 saturated heterocycles. The summed E-state index contributed by atoms with van der Waals surface area (Å²) in [5.74, 6) is 1.11. The number of halogens is 2. The molecule has 0 aliphatic carbocycles. The maximum Gasteiger partial charge on any atom is 0.232 e. The molecule has 1 rings (SSSR count). The summed E-state index contributed by atoms with van der Waals surface area (Å²) < 4.78 is 6.43. The largest absolute Gasteiger partial charge is 0.476 e. The zero-order valence-electron chi connectivity index (χ0n) is 10.2. The fourth-order valence-electron chi connectivity index (χ4n) is 1.53. The summed E-state index contributed by atoms with van der Waals surface area (Å²) in [7, 11) is 0. The fourth-order valence-corrected chi connectivity index (χ4v) is 1.96. The van der Waals surface area contributed by atoms with Gasteiger partial charge in [-0.1, -0.05) is 33.1 Å². The molecule has 0 aromatic carbocycles. The van der Waals surface area contributed by atoms with Crippen molar-refractivity contribution in [2.45, 2.75) is 39.5 Å². The molecule has 0 aliphatic rings. The van der Waals surface area contributed by atoms with Crippen molar-refractivity contribution in [3.8, 4) is 5.88 Å². The number of unbranched alkanes of at least 4 members (excludes halogenated alkanes) is 1. The monoisotopic (exact) mass is 320 g/mol. The smallest absolute Gasteiger partial charge is 0.232 e. The van der Waals surface area contributed by atoms with Crippen LogP contribution in [0.4, 0.5) is 0 Å². The van der Waals surface area contributed by atoms with Crippen LogP contribution in [0.15, 0.2) is 10.7 Å². The highest BCUT2D eigenvalue weighted by atomic mass is 79.9. The summed E-state index contributed by atoms with van der Waals surface area (Å²) in [6.45, 7) is 5.07. The lowest BCUT2D eigenvalue weighted by molar-refractivity contribution is 0.224. The second-order valence-electron chi connectivity index (χ2n) is 4.02. The third-order valence-electron chi connectivity index (χ3n) is 2.68. The minimum atomic E-state index is 0.213. The van der Waals surface area contributed by atoms with E-state index in [2.05, 4.69) is 39.7 Å². The van der Waals surface area contributed by atoms with E-state index in [4.69, 9.17) is 16.3 Å². The van der Waals surface area contributed by atoms with E-state index in [1.807, 2.05) is 0 Å². The first-order valence-corrected chi connectivity index (χ1v) is 7.15. The van der Waals surface area contributed by atoms with Crippen molar-refractivity contribution < 1.29 is 4.74 Å². The van der Waals surface area contributed by atoms with E-state index < -0.39 is 0 Å². The van der Waals surface area contributed by atoms with E-state index in [1.54, 1.807) is 6.20 Å². The summed E-state index contributed by atoms with van der Waals surface area (Å²) in [6.07, 6.45) is 6.39. The Labute approximate surface area is 116 Å². The molecule has 0 aliphatic heterocycles. The van der Waals surface area contributed by atoms with Crippen LogP contribution in [0.2, 0.25) is 5.28 Å². The molecule has 1 atom stereocenters. The number of hydrogen-bond acceptors (Lipinski definition) is 3. The molecule has 1 heterocycles. The predicted octanol–water partition coefficient (Wildman–Crippen LogP) is 4.49. The number of aromatic nitrogens is 2. The Balaban J connectivity index is 2.50. The Bertz CT molecular complexity index is 349. The van der Waals surface area contributed by atoms with Crippen LogP contribution in [0.5, 0.6) is 5.88 Å². The first-order chi connectivity index (χ1) is 8.17. The molecular weight excluding hydrogens is 304 g/mol. The van der Waals surface area contributed by atoms with E-state index >= 15 is 0 Å². The standard InChI is InChI=1S/C12H18BrClN2O/c1-3-5-6-9(4-2)8-17-11-10(13)7-15-12(14)16-11/h7,9H,3-6,8H2,1-2H3. The molecule has 3 nitrogen and oxygen atoms in total. The number of ether oxygens (including phenoxy) is 1. The molecule has 0 N–H and O–H groups in total. The highest BCUT2D eigenvalue weighted by Gasteiger charge is 2.10. The maximum atomic E-state index is 5.73. The Hall–Kier alpha value is -0.350. The van der Waals surface area contributed by atoms with Crippen molar-refractivity contribution in [2.75, 3.05) is 6.61 Å². The van der Waals surface area contributed by atoms with Gasteiger partial charge < -0.3 is 4.74 Å². The van der Waals surface area contributed by atoms with Gasteiger partial charge in [0.15, 0.2) is 0 Å². The van der Waals surface area contributed by atoms with Crippen molar-refractivity contribution in [3.63, 3.8) is 0 Å². The van der Waals surface area contributed by atoms with Gasteiger partial charge in [0.2, 0.25) is 11.2 Å². The second-order valence-corrected chi connectivity index (χ2v) is 5.21. The Morgan fingerprint density at radius 2 is 2.24 bits per heavy atom. The fraction of sp³-hybridized carbons (Fsp3) is 0.667. The molecule has 0 bridgehead atoms. The molecule has 17 heavy (non-hydrogen) atoms. The molecule has 1 unspecified atom stereocenters. The minimum absolute atomic E-state index is 0.213. The lowest BCUT2D eigenvalue weighted by atomic mass is 10.0. The van der Waals surface area contributed by atoms with Crippen LogP contribution in [-0.2, 0) is 0 Å². The van der Waals surface area contributed by atoms with E-state index in [0.29, 0.717) is 18.4 Å². The molecule has 0 saturated carbocycles. The molecule has 0 amide bonds. The normalized spacial score (nSPS) is 12.5. The van der Waals surface area contributed by atoms with Gasteiger partial charge >= 0.3 is 0 Å². The summed E-state index contributed by atoms with van der Waals surface area (Å²) in [4.78, 5) is 7.91. The average molecular weight is 322 g/mol. The van der Waals surface area contributed by atoms with Gasteiger partial charge in [-0.25, -0.2) is 4.98 Å². The molecule has 1 aromatic rings. The first kappa shape index (κ1) is 14.7. The van der Waals surface area contributed by atoms with Crippen LogP contribution in [0.25, 0.3) is 0 Å². The topological polar surface area (TPSA) is 35.0 Å². The van der Waals surface area contributed by atoms with Crippen LogP contribution in [0.1, 0.15) is 39.5 Å². The molecule has 0 spiro atoms. The van der Waals surface area contributed by atoms with Gasteiger partial charge in [-0.15, -0.1) is 0 Å².